The molecule has 1 unspecified atom stereocenters. The number of piperazine rings is 1. The Labute approximate surface area is 129 Å². The highest BCUT2D eigenvalue weighted by atomic mass is 35.5. The fourth-order valence-electron chi connectivity index (χ4n) is 2.15. The van der Waals surface area contributed by atoms with Gasteiger partial charge in [0.05, 0.1) is 11.1 Å². The van der Waals surface area contributed by atoms with Crippen molar-refractivity contribution < 1.29 is 9.53 Å². The number of hydrogen-bond acceptors (Lipinski definition) is 4. The van der Waals surface area contributed by atoms with Gasteiger partial charge in [0.15, 0.2) is 0 Å². The Balaban J connectivity index is 2.21. The number of aryl methyl sites for hydroxylation is 1. The van der Waals surface area contributed by atoms with Crippen molar-refractivity contribution in [2.75, 3.05) is 19.6 Å². The summed E-state index contributed by atoms with van der Waals surface area (Å²) in [6, 6.07) is -0.0511. The molecule has 1 saturated heterocycles. The average Bonchev–Trinajstić information content (AvgIpc) is 2.68. The van der Waals surface area contributed by atoms with Crippen LogP contribution in [0.4, 0.5) is 4.79 Å². The largest absolute Gasteiger partial charge is 0.444 e. The SMILES string of the molecule is Cc1csc(C2CNCCN2C(=O)OC(C)(C)C)c1Cl. The number of ether oxygens (including phenoxy) is 1. The second-order valence-electron chi connectivity index (χ2n) is 5.99. The molecule has 112 valence electrons. The molecule has 1 amide bonds. The van der Waals surface area contributed by atoms with E-state index in [2.05, 4.69) is 5.32 Å². The van der Waals surface area contributed by atoms with E-state index >= 15 is 0 Å². The van der Waals surface area contributed by atoms with Crippen molar-refractivity contribution >= 4 is 29.0 Å². The predicted molar refractivity (Wildman–Crippen MR) is 82.6 cm³/mol. The maximum Gasteiger partial charge on any atom is 0.410 e. The molecule has 1 aliphatic heterocycles. The minimum absolute atomic E-state index is 0.0511. The number of nitrogens with zero attached hydrogens (tertiary/aromatic N) is 1. The summed E-state index contributed by atoms with van der Waals surface area (Å²) < 4.78 is 5.50. The van der Waals surface area contributed by atoms with Gasteiger partial charge in [0.2, 0.25) is 0 Å². The lowest BCUT2D eigenvalue weighted by atomic mass is 10.1. The van der Waals surface area contributed by atoms with Gasteiger partial charge in [-0.05, 0) is 38.6 Å². The molecular weight excluding hydrogens is 296 g/mol. The Morgan fingerprint density at radius 3 is 2.80 bits per heavy atom. The van der Waals surface area contributed by atoms with Gasteiger partial charge in [-0.1, -0.05) is 11.6 Å². The zero-order valence-electron chi connectivity index (χ0n) is 12.3. The van der Waals surface area contributed by atoms with E-state index in [1.165, 1.54) is 0 Å². The van der Waals surface area contributed by atoms with Gasteiger partial charge >= 0.3 is 6.09 Å². The molecule has 4 nitrogen and oxygen atoms in total. The highest BCUT2D eigenvalue weighted by molar-refractivity contribution is 7.10. The molecular formula is C14H21ClN2O2S. The van der Waals surface area contributed by atoms with Crippen molar-refractivity contribution in [2.45, 2.75) is 39.3 Å². The first-order valence-corrected chi connectivity index (χ1v) is 7.99. The van der Waals surface area contributed by atoms with E-state index < -0.39 is 5.60 Å². The topological polar surface area (TPSA) is 41.6 Å². The van der Waals surface area contributed by atoms with Crippen LogP contribution in [0, 0.1) is 6.92 Å². The summed E-state index contributed by atoms with van der Waals surface area (Å²) in [5.41, 5.74) is 0.572. The van der Waals surface area contributed by atoms with Crippen molar-refractivity contribution in [2.24, 2.45) is 0 Å². The summed E-state index contributed by atoms with van der Waals surface area (Å²) in [5.74, 6) is 0. The van der Waals surface area contributed by atoms with Crippen LogP contribution < -0.4 is 5.32 Å². The molecule has 0 radical (unpaired) electrons. The van der Waals surface area contributed by atoms with Crippen LogP contribution in [0.1, 0.15) is 37.3 Å². The molecule has 0 aliphatic carbocycles. The van der Waals surface area contributed by atoms with E-state index in [-0.39, 0.29) is 12.1 Å². The minimum Gasteiger partial charge on any atom is -0.444 e. The predicted octanol–water partition coefficient (Wildman–Crippen LogP) is 3.59. The molecule has 2 heterocycles. The van der Waals surface area contributed by atoms with Crippen LogP contribution in [0.25, 0.3) is 0 Å². The van der Waals surface area contributed by atoms with E-state index in [9.17, 15) is 4.79 Å². The summed E-state index contributed by atoms with van der Waals surface area (Å²) in [7, 11) is 0. The first-order valence-electron chi connectivity index (χ1n) is 6.73. The quantitative estimate of drug-likeness (QED) is 0.861. The molecule has 2 rings (SSSR count). The van der Waals surface area contributed by atoms with Gasteiger partial charge in [-0.25, -0.2) is 4.79 Å². The minimum atomic E-state index is -0.484. The number of rotatable bonds is 1. The third-order valence-electron chi connectivity index (χ3n) is 3.10. The molecule has 1 aromatic rings. The second-order valence-corrected chi connectivity index (χ2v) is 7.28. The van der Waals surface area contributed by atoms with Crippen LogP contribution in [0.15, 0.2) is 5.38 Å². The standard InChI is InChI=1S/C14H21ClN2O2S/c1-9-8-20-12(11(9)15)10-7-16-5-6-17(10)13(18)19-14(2,3)4/h8,10,16H,5-7H2,1-4H3. The zero-order chi connectivity index (χ0) is 14.9. The molecule has 0 spiro atoms. The summed E-state index contributed by atoms with van der Waals surface area (Å²) >= 11 is 7.95. The molecule has 0 bridgehead atoms. The van der Waals surface area contributed by atoms with Crippen LogP contribution in [-0.2, 0) is 4.74 Å². The fraction of sp³-hybridized carbons (Fsp3) is 0.643. The lowest BCUT2D eigenvalue weighted by Gasteiger charge is -2.36. The molecule has 1 aromatic heterocycles. The van der Waals surface area contributed by atoms with Gasteiger partial charge in [0.1, 0.15) is 5.60 Å². The Hall–Kier alpha value is -0.780. The van der Waals surface area contributed by atoms with Crippen LogP contribution in [-0.4, -0.2) is 36.2 Å². The molecule has 0 saturated carbocycles. The summed E-state index contributed by atoms with van der Waals surface area (Å²) in [5, 5.41) is 6.10. The number of carbonyl (C=O) groups excluding carboxylic acids is 1. The monoisotopic (exact) mass is 316 g/mol. The van der Waals surface area contributed by atoms with E-state index in [0.717, 1.165) is 22.0 Å². The second kappa shape index (κ2) is 5.92. The smallest absolute Gasteiger partial charge is 0.410 e. The van der Waals surface area contributed by atoms with Crippen molar-refractivity contribution in [1.29, 1.82) is 0 Å². The van der Waals surface area contributed by atoms with E-state index in [0.29, 0.717) is 13.1 Å². The molecule has 1 atom stereocenters. The first-order chi connectivity index (χ1) is 9.29. The summed E-state index contributed by atoms with van der Waals surface area (Å²) in [6.45, 7) is 9.74. The zero-order valence-corrected chi connectivity index (χ0v) is 13.9. The molecule has 1 fully saturated rings. The third kappa shape index (κ3) is 3.45. The Morgan fingerprint density at radius 2 is 2.25 bits per heavy atom. The fourth-order valence-corrected chi connectivity index (χ4v) is 3.58. The van der Waals surface area contributed by atoms with Gasteiger partial charge in [-0.3, -0.25) is 4.90 Å². The van der Waals surface area contributed by atoms with E-state index in [1.54, 1.807) is 16.2 Å². The van der Waals surface area contributed by atoms with Gasteiger partial charge < -0.3 is 10.1 Å². The van der Waals surface area contributed by atoms with Gasteiger partial charge in [-0.15, -0.1) is 11.3 Å². The molecule has 1 aliphatic rings. The van der Waals surface area contributed by atoms with Gasteiger partial charge in [0.25, 0.3) is 0 Å². The molecule has 6 heteroatoms. The van der Waals surface area contributed by atoms with Crippen molar-refractivity contribution in [3.05, 3.63) is 20.8 Å². The molecule has 20 heavy (non-hydrogen) atoms. The van der Waals surface area contributed by atoms with Crippen LogP contribution in [0.5, 0.6) is 0 Å². The highest BCUT2D eigenvalue weighted by Gasteiger charge is 2.33. The Bertz CT molecular complexity index is 496. The van der Waals surface area contributed by atoms with Crippen molar-refractivity contribution in [3.8, 4) is 0 Å². The van der Waals surface area contributed by atoms with E-state index in [4.69, 9.17) is 16.3 Å². The maximum absolute atomic E-state index is 12.4. The number of halogens is 1. The summed E-state index contributed by atoms with van der Waals surface area (Å²) in [6.07, 6.45) is -0.272. The number of thiophene rings is 1. The third-order valence-corrected chi connectivity index (χ3v) is 4.91. The molecule has 1 N–H and O–H groups in total. The number of carbonyl (C=O) groups is 1. The van der Waals surface area contributed by atoms with Crippen molar-refractivity contribution in [3.63, 3.8) is 0 Å². The number of hydrogen-bond donors (Lipinski definition) is 1. The van der Waals surface area contributed by atoms with Crippen LogP contribution >= 0.6 is 22.9 Å². The Kier molecular flexibility index (Phi) is 4.62. The molecule has 0 aromatic carbocycles. The number of nitrogens with one attached hydrogen (secondary N) is 1. The highest BCUT2D eigenvalue weighted by Crippen LogP contribution is 2.36. The van der Waals surface area contributed by atoms with Crippen LogP contribution in [0.2, 0.25) is 5.02 Å². The van der Waals surface area contributed by atoms with E-state index in [1.807, 2.05) is 33.1 Å². The normalized spacial score (nSPS) is 20.1. The summed E-state index contributed by atoms with van der Waals surface area (Å²) in [4.78, 5) is 15.2. The lowest BCUT2D eigenvalue weighted by Crippen LogP contribution is -2.50. The van der Waals surface area contributed by atoms with Crippen LogP contribution in [0.3, 0.4) is 0 Å². The number of amides is 1. The average molecular weight is 317 g/mol. The lowest BCUT2D eigenvalue weighted by molar-refractivity contribution is 0.0122. The first kappa shape index (κ1) is 15.6. The van der Waals surface area contributed by atoms with Crippen molar-refractivity contribution in [1.82, 2.24) is 10.2 Å². The maximum atomic E-state index is 12.4. The Morgan fingerprint density at radius 1 is 1.55 bits per heavy atom. The van der Waals surface area contributed by atoms with Gasteiger partial charge in [0, 0.05) is 24.5 Å². The van der Waals surface area contributed by atoms with Gasteiger partial charge in [-0.2, -0.15) is 0 Å².